The lowest BCUT2D eigenvalue weighted by molar-refractivity contribution is 0.476. The van der Waals surface area contributed by atoms with E-state index in [1.165, 1.54) is 0 Å². The van der Waals surface area contributed by atoms with E-state index >= 15 is 0 Å². The Morgan fingerprint density at radius 1 is 1.11 bits per heavy atom. The molecule has 5 heteroatoms. The summed E-state index contributed by atoms with van der Waals surface area (Å²) in [5, 5.41) is 3.10. The average molecular weight is 284 g/mol. The minimum atomic E-state index is -3.45. The molecule has 0 heterocycles. The molecular weight excluding hydrogens is 260 g/mol. The lowest BCUT2D eigenvalue weighted by Gasteiger charge is -2.18. The Labute approximate surface area is 116 Å². The topological polar surface area (TPSA) is 58.2 Å². The number of hydrogen-bond donors (Lipinski definition) is 2. The summed E-state index contributed by atoms with van der Waals surface area (Å²) in [5.41, 5.74) is 0.961. The van der Waals surface area contributed by atoms with Crippen molar-refractivity contribution in [2.24, 2.45) is 5.92 Å². The number of rotatable bonds is 6. The molecule has 1 rings (SSSR count). The highest BCUT2D eigenvalue weighted by molar-refractivity contribution is 7.89. The van der Waals surface area contributed by atoms with Gasteiger partial charge in [-0.2, -0.15) is 0 Å². The first-order valence-corrected chi connectivity index (χ1v) is 8.05. The van der Waals surface area contributed by atoms with Gasteiger partial charge in [0.1, 0.15) is 0 Å². The van der Waals surface area contributed by atoms with E-state index in [1.807, 2.05) is 40.8 Å². The molecule has 0 amide bonds. The van der Waals surface area contributed by atoms with Crippen LogP contribution in [-0.4, -0.2) is 21.5 Å². The molecule has 0 aromatic heterocycles. The predicted molar refractivity (Wildman–Crippen MR) is 78.5 cm³/mol. The Hall–Kier alpha value is -0.910. The molecule has 0 aliphatic rings. The number of benzene rings is 1. The lowest BCUT2D eigenvalue weighted by atomic mass is 10.1. The predicted octanol–water partition coefficient (Wildman–Crippen LogP) is 2.29. The molecule has 0 spiro atoms. The third-order valence-corrected chi connectivity index (χ3v) is 5.00. The fraction of sp³-hybridized carbons (Fsp3) is 0.571. The highest BCUT2D eigenvalue weighted by Gasteiger charge is 2.19. The maximum absolute atomic E-state index is 12.3. The zero-order chi connectivity index (χ0) is 14.6. The fourth-order valence-corrected chi connectivity index (χ4v) is 3.01. The van der Waals surface area contributed by atoms with Gasteiger partial charge in [0.05, 0.1) is 4.90 Å². The molecule has 1 aromatic carbocycles. The van der Waals surface area contributed by atoms with Crippen molar-refractivity contribution in [1.29, 1.82) is 0 Å². The fourth-order valence-electron chi connectivity index (χ4n) is 1.57. The first-order chi connectivity index (χ1) is 8.77. The molecule has 0 saturated carbocycles. The van der Waals surface area contributed by atoms with Crippen LogP contribution in [0.3, 0.4) is 0 Å². The van der Waals surface area contributed by atoms with Gasteiger partial charge in [-0.15, -0.1) is 0 Å². The third kappa shape index (κ3) is 4.30. The monoisotopic (exact) mass is 284 g/mol. The van der Waals surface area contributed by atoms with Gasteiger partial charge in [-0.05, 0) is 44.5 Å². The lowest BCUT2D eigenvalue weighted by Crippen LogP contribution is -2.36. The van der Waals surface area contributed by atoms with Crippen LogP contribution in [0.5, 0.6) is 0 Å². The average Bonchev–Trinajstić information content (AvgIpc) is 2.37. The van der Waals surface area contributed by atoms with Crippen molar-refractivity contribution >= 4 is 10.0 Å². The molecular formula is C14H24N2O2S. The Morgan fingerprint density at radius 3 is 2.26 bits per heavy atom. The first kappa shape index (κ1) is 16.1. The maximum Gasteiger partial charge on any atom is 0.240 e. The molecule has 0 bridgehead atoms. The van der Waals surface area contributed by atoms with E-state index in [0.29, 0.717) is 4.90 Å². The van der Waals surface area contributed by atoms with Gasteiger partial charge in [0.15, 0.2) is 0 Å². The molecule has 1 aromatic rings. The molecule has 0 aliphatic carbocycles. The summed E-state index contributed by atoms with van der Waals surface area (Å²) in [6.45, 7) is 7.86. The zero-order valence-corrected chi connectivity index (χ0v) is 13.1. The quantitative estimate of drug-likeness (QED) is 0.842. The third-order valence-electron chi connectivity index (χ3n) is 3.44. The Balaban J connectivity index is 3.02. The van der Waals surface area contributed by atoms with E-state index in [4.69, 9.17) is 0 Å². The minimum absolute atomic E-state index is 0.0876. The molecule has 4 nitrogen and oxygen atoms in total. The van der Waals surface area contributed by atoms with Crippen LogP contribution >= 0.6 is 0 Å². The van der Waals surface area contributed by atoms with Crippen LogP contribution in [0.1, 0.15) is 39.3 Å². The smallest absolute Gasteiger partial charge is 0.240 e. The van der Waals surface area contributed by atoms with Gasteiger partial charge in [0.25, 0.3) is 0 Å². The Morgan fingerprint density at radius 2 is 1.74 bits per heavy atom. The van der Waals surface area contributed by atoms with Crippen LogP contribution in [0.25, 0.3) is 0 Å². The van der Waals surface area contributed by atoms with Gasteiger partial charge in [0.2, 0.25) is 10.0 Å². The van der Waals surface area contributed by atoms with Crippen molar-refractivity contribution in [2.45, 2.75) is 44.7 Å². The van der Waals surface area contributed by atoms with E-state index in [-0.39, 0.29) is 18.0 Å². The van der Waals surface area contributed by atoms with Gasteiger partial charge < -0.3 is 5.32 Å². The number of sulfonamides is 1. The van der Waals surface area contributed by atoms with Crippen molar-refractivity contribution < 1.29 is 8.42 Å². The largest absolute Gasteiger partial charge is 0.313 e. The van der Waals surface area contributed by atoms with Crippen LogP contribution in [0.4, 0.5) is 0 Å². The van der Waals surface area contributed by atoms with E-state index in [0.717, 1.165) is 5.56 Å². The number of nitrogens with one attached hydrogen (secondary N) is 2. The van der Waals surface area contributed by atoms with Crippen LogP contribution in [0, 0.1) is 5.92 Å². The molecule has 2 unspecified atom stereocenters. The van der Waals surface area contributed by atoms with Gasteiger partial charge in [-0.3, -0.25) is 0 Å². The SMILES string of the molecule is CNC(C)c1cccc(S(=O)(=O)NC(C)C(C)C)c1. The summed E-state index contributed by atoms with van der Waals surface area (Å²) in [6.07, 6.45) is 0. The second-order valence-corrected chi connectivity index (χ2v) is 6.95. The van der Waals surface area contributed by atoms with E-state index in [9.17, 15) is 8.42 Å². The van der Waals surface area contributed by atoms with E-state index < -0.39 is 10.0 Å². The van der Waals surface area contributed by atoms with E-state index in [2.05, 4.69) is 10.0 Å². The van der Waals surface area contributed by atoms with Gasteiger partial charge in [-0.25, -0.2) is 13.1 Å². The van der Waals surface area contributed by atoms with Crippen molar-refractivity contribution in [1.82, 2.24) is 10.0 Å². The summed E-state index contributed by atoms with van der Waals surface area (Å²) in [7, 11) is -1.59. The van der Waals surface area contributed by atoms with Crippen LogP contribution in [0.2, 0.25) is 0 Å². The second-order valence-electron chi connectivity index (χ2n) is 5.24. The molecule has 19 heavy (non-hydrogen) atoms. The van der Waals surface area contributed by atoms with Crippen molar-refractivity contribution in [3.05, 3.63) is 29.8 Å². The Kier molecular flexibility index (Phi) is 5.52. The molecule has 2 atom stereocenters. The number of hydrogen-bond acceptors (Lipinski definition) is 3. The van der Waals surface area contributed by atoms with Gasteiger partial charge in [0, 0.05) is 12.1 Å². The highest BCUT2D eigenvalue weighted by Crippen LogP contribution is 2.18. The second kappa shape index (κ2) is 6.50. The first-order valence-electron chi connectivity index (χ1n) is 6.57. The normalized spacial score (nSPS) is 15.5. The molecule has 108 valence electrons. The van der Waals surface area contributed by atoms with Crippen LogP contribution in [0.15, 0.2) is 29.2 Å². The summed E-state index contributed by atoms with van der Waals surface area (Å²) >= 11 is 0. The summed E-state index contributed by atoms with van der Waals surface area (Å²) in [6, 6.07) is 7.08. The van der Waals surface area contributed by atoms with E-state index in [1.54, 1.807) is 18.2 Å². The van der Waals surface area contributed by atoms with Crippen molar-refractivity contribution in [3.63, 3.8) is 0 Å². The molecule has 0 aliphatic heterocycles. The Bertz CT molecular complexity index is 512. The van der Waals surface area contributed by atoms with Crippen molar-refractivity contribution in [3.8, 4) is 0 Å². The molecule has 2 N–H and O–H groups in total. The maximum atomic E-state index is 12.3. The molecule has 0 radical (unpaired) electrons. The van der Waals surface area contributed by atoms with Gasteiger partial charge >= 0.3 is 0 Å². The summed E-state index contributed by atoms with van der Waals surface area (Å²) in [5.74, 6) is 0.259. The van der Waals surface area contributed by atoms with Crippen molar-refractivity contribution in [2.75, 3.05) is 7.05 Å². The van der Waals surface area contributed by atoms with Crippen LogP contribution in [-0.2, 0) is 10.0 Å². The highest BCUT2D eigenvalue weighted by atomic mass is 32.2. The standard InChI is InChI=1S/C14H24N2O2S/c1-10(2)11(3)16-19(17,18)14-8-6-7-13(9-14)12(4)15-5/h6-12,15-16H,1-5H3. The zero-order valence-electron chi connectivity index (χ0n) is 12.3. The summed E-state index contributed by atoms with van der Waals surface area (Å²) in [4.78, 5) is 0.319. The summed E-state index contributed by atoms with van der Waals surface area (Å²) < 4.78 is 27.3. The van der Waals surface area contributed by atoms with Gasteiger partial charge in [-0.1, -0.05) is 26.0 Å². The minimum Gasteiger partial charge on any atom is -0.313 e. The molecule has 0 fully saturated rings. The molecule has 0 saturated heterocycles. The van der Waals surface area contributed by atoms with Crippen LogP contribution < -0.4 is 10.0 Å².